The summed E-state index contributed by atoms with van der Waals surface area (Å²) in [5.74, 6) is 0.527. The Labute approximate surface area is 140 Å². The molecule has 5 nitrogen and oxygen atoms in total. The quantitative estimate of drug-likeness (QED) is 0.915. The second kappa shape index (κ2) is 7.19. The van der Waals surface area contributed by atoms with Crippen LogP contribution >= 0.6 is 11.3 Å². The summed E-state index contributed by atoms with van der Waals surface area (Å²) in [5, 5.41) is 3.37. The molecule has 1 fully saturated rings. The van der Waals surface area contributed by atoms with E-state index in [0.29, 0.717) is 18.2 Å². The zero-order chi connectivity index (χ0) is 16.2. The first kappa shape index (κ1) is 16.1. The Bertz CT molecular complexity index is 679. The molecular weight excluding hydrogens is 308 g/mol. The topological polar surface area (TPSA) is 58.1 Å². The van der Waals surface area contributed by atoms with Gasteiger partial charge in [0.2, 0.25) is 0 Å². The van der Waals surface area contributed by atoms with Crippen LogP contribution < -0.4 is 5.32 Å². The Morgan fingerprint density at radius 2 is 2.30 bits per heavy atom. The zero-order valence-corrected chi connectivity index (χ0v) is 14.4. The molecule has 0 bridgehead atoms. The molecule has 1 saturated heterocycles. The van der Waals surface area contributed by atoms with E-state index in [-0.39, 0.29) is 5.91 Å². The zero-order valence-electron chi connectivity index (χ0n) is 13.6. The first-order chi connectivity index (χ1) is 11.1. The van der Waals surface area contributed by atoms with Gasteiger partial charge >= 0.3 is 0 Å². The van der Waals surface area contributed by atoms with E-state index in [0.717, 1.165) is 42.2 Å². The van der Waals surface area contributed by atoms with E-state index >= 15 is 0 Å². The van der Waals surface area contributed by atoms with Crippen molar-refractivity contribution in [3.63, 3.8) is 0 Å². The second-order valence-corrected chi connectivity index (χ2v) is 7.01. The maximum atomic E-state index is 13.0. The van der Waals surface area contributed by atoms with Crippen molar-refractivity contribution in [2.24, 2.45) is 5.92 Å². The third-order valence-electron chi connectivity index (χ3n) is 4.32. The minimum Gasteiger partial charge on any atom is -0.332 e. The third-order valence-corrected chi connectivity index (χ3v) is 5.24. The highest BCUT2D eigenvalue weighted by Crippen LogP contribution is 2.20. The number of amides is 1. The molecule has 1 aliphatic heterocycles. The number of carbonyl (C=O) groups is 1. The molecule has 1 unspecified atom stereocenters. The number of aromatic nitrogens is 2. The van der Waals surface area contributed by atoms with Crippen molar-refractivity contribution in [3.05, 3.63) is 45.7 Å². The summed E-state index contributed by atoms with van der Waals surface area (Å²) in [4.78, 5) is 24.7. The summed E-state index contributed by atoms with van der Waals surface area (Å²) in [7, 11) is 0. The Morgan fingerprint density at radius 3 is 2.96 bits per heavy atom. The predicted molar refractivity (Wildman–Crippen MR) is 91.5 cm³/mol. The molecule has 1 amide bonds. The highest BCUT2D eigenvalue weighted by molar-refractivity contribution is 7.09. The van der Waals surface area contributed by atoms with E-state index in [1.165, 1.54) is 0 Å². The van der Waals surface area contributed by atoms with Gasteiger partial charge in [-0.2, -0.15) is 0 Å². The summed E-state index contributed by atoms with van der Waals surface area (Å²) < 4.78 is 0. The molecule has 6 heteroatoms. The van der Waals surface area contributed by atoms with E-state index < -0.39 is 0 Å². The van der Waals surface area contributed by atoms with Crippen LogP contribution in [0.1, 0.15) is 33.0 Å². The van der Waals surface area contributed by atoms with Gasteiger partial charge in [-0.1, -0.05) is 6.07 Å². The van der Waals surface area contributed by atoms with Crippen molar-refractivity contribution in [2.75, 3.05) is 19.6 Å². The van der Waals surface area contributed by atoms with Gasteiger partial charge in [0.1, 0.15) is 5.69 Å². The number of carbonyl (C=O) groups excluding carboxylic acids is 1. The van der Waals surface area contributed by atoms with Crippen LogP contribution in [0.4, 0.5) is 0 Å². The van der Waals surface area contributed by atoms with E-state index in [2.05, 4.69) is 15.3 Å². The molecular formula is C17H22N4OS. The molecule has 1 aliphatic rings. The van der Waals surface area contributed by atoms with Crippen LogP contribution in [-0.4, -0.2) is 40.4 Å². The molecule has 0 radical (unpaired) electrons. The fraction of sp³-hybridized carbons (Fsp3) is 0.471. The monoisotopic (exact) mass is 330 g/mol. The SMILES string of the molecule is Cc1cccnc1C(=O)N(Cc1scnc1C)CC1CCNC1. The van der Waals surface area contributed by atoms with Gasteiger partial charge in [0.25, 0.3) is 5.91 Å². The number of thiazole rings is 1. The smallest absolute Gasteiger partial charge is 0.273 e. The lowest BCUT2D eigenvalue weighted by molar-refractivity contribution is 0.0713. The van der Waals surface area contributed by atoms with Crippen LogP contribution in [0.2, 0.25) is 0 Å². The molecule has 0 spiro atoms. The molecule has 1 atom stereocenters. The van der Waals surface area contributed by atoms with E-state index in [1.54, 1.807) is 17.5 Å². The molecule has 0 aromatic carbocycles. The Morgan fingerprint density at radius 1 is 1.43 bits per heavy atom. The van der Waals surface area contributed by atoms with Gasteiger partial charge in [-0.15, -0.1) is 11.3 Å². The van der Waals surface area contributed by atoms with Crippen LogP contribution in [0.15, 0.2) is 23.8 Å². The number of rotatable bonds is 5. The maximum Gasteiger partial charge on any atom is 0.273 e. The molecule has 3 rings (SSSR count). The Hall–Kier alpha value is -1.79. The minimum absolute atomic E-state index is 0.0165. The molecule has 1 N–H and O–H groups in total. The molecule has 2 aromatic heterocycles. The lowest BCUT2D eigenvalue weighted by Crippen LogP contribution is -2.36. The minimum atomic E-state index is 0.0165. The molecule has 0 saturated carbocycles. The van der Waals surface area contributed by atoms with Crippen molar-refractivity contribution in [1.82, 2.24) is 20.2 Å². The first-order valence-corrected chi connectivity index (χ1v) is 8.83. The van der Waals surface area contributed by atoms with Gasteiger partial charge in [-0.05, 0) is 50.9 Å². The highest BCUT2D eigenvalue weighted by Gasteiger charge is 2.25. The van der Waals surface area contributed by atoms with Crippen LogP contribution in [0.5, 0.6) is 0 Å². The fourth-order valence-corrected chi connectivity index (χ4v) is 3.70. The summed E-state index contributed by atoms with van der Waals surface area (Å²) in [6.07, 6.45) is 2.81. The molecule has 23 heavy (non-hydrogen) atoms. The standard InChI is InChI=1S/C17H22N4OS/c1-12-4-3-6-19-16(12)17(22)21(9-14-5-7-18-8-14)10-15-13(2)20-11-23-15/h3-4,6,11,14,18H,5,7-10H2,1-2H3. The highest BCUT2D eigenvalue weighted by atomic mass is 32.1. The average Bonchev–Trinajstić information content (AvgIpc) is 3.19. The molecule has 0 aliphatic carbocycles. The first-order valence-electron chi connectivity index (χ1n) is 7.95. The van der Waals surface area contributed by atoms with Crippen LogP contribution in [0, 0.1) is 19.8 Å². The van der Waals surface area contributed by atoms with Gasteiger partial charge in [0.05, 0.1) is 17.7 Å². The maximum absolute atomic E-state index is 13.0. The normalized spacial score (nSPS) is 17.4. The van der Waals surface area contributed by atoms with Gasteiger partial charge in [-0.25, -0.2) is 4.98 Å². The molecule has 122 valence electrons. The number of aryl methyl sites for hydroxylation is 2. The summed E-state index contributed by atoms with van der Waals surface area (Å²) in [6, 6.07) is 3.80. The second-order valence-electron chi connectivity index (χ2n) is 6.07. The fourth-order valence-electron chi connectivity index (χ4n) is 2.91. The average molecular weight is 330 g/mol. The van der Waals surface area contributed by atoms with Gasteiger partial charge in [-0.3, -0.25) is 9.78 Å². The number of pyridine rings is 1. The van der Waals surface area contributed by atoms with Crippen LogP contribution in [-0.2, 0) is 6.54 Å². The predicted octanol–water partition coefficient (Wildman–Crippen LogP) is 2.41. The summed E-state index contributed by atoms with van der Waals surface area (Å²) in [6.45, 7) is 7.33. The van der Waals surface area contributed by atoms with Crippen molar-refractivity contribution in [1.29, 1.82) is 0 Å². The number of hydrogen-bond donors (Lipinski definition) is 1. The van der Waals surface area contributed by atoms with E-state index in [4.69, 9.17) is 0 Å². The molecule has 2 aromatic rings. The number of nitrogens with zero attached hydrogens (tertiary/aromatic N) is 3. The Kier molecular flexibility index (Phi) is 5.03. The number of hydrogen-bond acceptors (Lipinski definition) is 5. The summed E-state index contributed by atoms with van der Waals surface area (Å²) in [5.41, 5.74) is 4.33. The third kappa shape index (κ3) is 3.76. The summed E-state index contributed by atoms with van der Waals surface area (Å²) >= 11 is 1.61. The van der Waals surface area contributed by atoms with Crippen molar-refractivity contribution < 1.29 is 4.79 Å². The van der Waals surface area contributed by atoms with Crippen LogP contribution in [0.3, 0.4) is 0 Å². The van der Waals surface area contributed by atoms with Crippen molar-refractivity contribution in [3.8, 4) is 0 Å². The van der Waals surface area contributed by atoms with Gasteiger partial charge < -0.3 is 10.2 Å². The lowest BCUT2D eigenvalue weighted by atomic mass is 10.1. The van der Waals surface area contributed by atoms with E-state index in [1.807, 2.05) is 36.4 Å². The molecule has 3 heterocycles. The van der Waals surface area contributed by atoms with E-state index in [9.17, 15) is 4.79 Å². The largest absolute Gasteiger partial charge is 0.332 e. The number of nitrogens with one attached hydrogen (secondary N) is 1. The van der Waals surface area contributed by atoms with Gasteiger partial charge in [0.15, 0.2) is 0 Å². The van der Waals surface area contributed by atoms with Crippen molar-refractivity contribution >= 4 is 17.2 Å². The Balaban J connectivity index is 1.83. The van der Waals surface area contributed by atoms with Gasteiger partial charge in [0, 0.05) is 17.6 Å². The lowest BCUT2D eigenvalue weighted by Gasteiger charge is -2.25. The van der Waals surface area contributed by atoms with Crippen molar-refractivity contribution in [2.45, 2.75) is 26.8 Å². The van der Waals surface area contributed by atoms with Crippen LogP contribution in [0.25, 0.3) is 0 Å².